The van der Waals surface area contributed by atoms with Crippen LogP contribution in [0.25, 0.3) is 0 Å². The summed E-state index contributed by atoms with van der Waals surface area (Å²) in [5.74, 6) is 0.263. The van der Waals surface area contributed by atoms with Gasteiger partial charge in [0.05, 0.1) is 18.3 Å². The fourth-order valence-electron chi connectivity index (χ4n) is 6.83. The highest BCUT2D eigenvalue weighted by Crippen LogP contribution is 2.65. The molecule has 4 rings (SSSR count). The van der Waals surface area contributed by atoms with Crippen molar-refractivity contribution < 1.29 is 24.2 Å². The average Bonchev–Trinajstić information content (AvgIpc) is 2.53. The lowest BCUT2D eigenvalue weighted by Crippen LogP contribution is -2.61. The van der Waals surface area contributed by atoms with Crippen molar-refractivity contribution in [1.82, 2.24) is 0 Å². The Morgan fingerprint density at radius 2 is 2.00 bits per heavy atom. The van der Waals surface area contributed by atoms with E-state index >= 15 is 0 Å². The molecule has 0 aromatic heterocycles. The molecule has 1 N–H and O–H groups in total. The number of ketones is 1. The van der Waals surface area contributed by atoms with E-state index in [9.17, 15) is 14.7 Å². The first-order chi connectivity index (χ1) is 11.8. The number of aliphatic hydroxyl groups excluding tert-OH is 1. The number of aliphatic hydroxyl groups is 1. The minimum Gasteiger partial charge on any atom is -0.512 e. The van der Waals surface area contributed by atoms with Gasteiger partial charge in [-0.05, 0) is 36.5 Å². The first-order valence-corrected chi connectivity index (χ1v) is 9.48. The van der Waals surface area contributed by atoms with Gasteiger partial charge in [0.15, 0.2) is 0 Å². The van der Waals surface area contributed by atoms with Gasteiger partial charge in [-0.15, -0.1) is 0 Å². The summed E-state index contributed by atoms with van der Waals surface area (Å²) in [5, 5.41) is 10.8. The van der Waals surface area contributed by atoms with Gasteiger partial charge in [-0.1, -0.05) is 20.3 Å². The molecule has 1 heterocycles. The molecule has 0 aromatic carbocycles. The van der Waals surface area contributed by atoms with E-state index in [0.717, 1.165) is 19.3 Å². The van der Waals surface area contributed by atoms with Crippen molar-refractivity contribution >= 4 is 11.8 Å². The Morgan fingerprint density at radius 1 is 1.24 bits per heavy atom. The molecule has 0 aromatic rings. The van der Waals surface area contributed by atoms with Crippen LogP contribution in [-0.4, -0.2) is 36.7 Å². The topological polar surface area (TPSA) is 72.8 Å². The smallest absolute Gasteiger partial charge is 0.338 e. The molecule has 3 fully saturated rings. The van der Waals surface area contributed by atoms with Crippen LogP contribution in [0.3, 0.4) is 0 Å². The van der Waals surface area contributed by atoms with Crippen molar-refractivity contribution in [3.8, 4) is 0 Å². The number of hydrogen-bond donors (Lipinski definition) is 1. The number of esters is 1. The average molecular weight is 348 g/mol. The summed E-state index contributed by atoms with van der Waals surface area (Å²) in [4.78, 5) is 25.7. The van der Waals surface area contributed by atoms with E-state index in [1.807, 2.05) is 6.92 Å². The number of methoxy groups -OCH3 is 1. The summed E-state index contributed by atoms with van der Waals surface area (Å²) >= 11 is 0. The summed E-state index contributed by atoms with van der Waals surface area (Å²) in [7, 11) is 1.74. The van der Waals surface area contributed by atoms with Gasteiger partial charge in [0.2, 0.25) is 0 Å². The van der Waals surface area contributed by atoms with E-state index in [1.54, 1.807) is 7.11 Å². The number of Topliss-reactive ketones (excluding diaryl/α,β-unsaturated/α-hetero) is 1. The van der Waals surface area contributed by atoms with Crippen LogP contribution in [0.1, 0.15) is 52.4 Å². The molecule has 138 valence electrons. The van der Waals surface area contributed by atoms with Crippen LogP contribution in [-0.2, 0) is 19.1 Å². The van der Waals surface area contributed by atoms with Gasteiger partial charge in [0, 0.05) is 31.3 Å². The summed E-state index contributed by atoms with van der Waals surface area (Å²) in [6.45, 7) is 4.46. The molecule has 0 radical (unpaired) electrons. The van der Waals surface area contributed by atoms with Crippen molar-refractivity contribution in [2.24, 2.45) is 28.6 Å². The van der Waals surface area contributed by atoms with Crippen LogP contribution >= 0.6 is 0 Å². The zero-order valence-corrected chi connectivity index (χ0v) is 15.3. The molecule has 1 saturated heterocycles. The molecule has 5 nitrogen and oxygen atoms in total. The van der Waals surface area contributed by atoms with Crippen LogP contribution < -0.4 is 0 Å². The number of carbonyl (C=O) groups is 2. The lowest BCUT2D eigenvalue weighted by atomic mass is 9.43. The number of rotatable bonds is 1. The standard InChI is InChI=1S/C20H28O5/c1-19-7-8-25-18(23)16(19)14(22)10-20(2)12-5-4-6-15(24-3)11(12)9-13(21)17(19)20/h11-12,15,17,22H,4-10H2,1-3H3/t11-,12+,15+,17+,19+,20+/m0/s1. The number of fused-ring (bicyclic) bond motifs is 5. The first kappa shape index (κ1) is 17.1. The minimum absolute atomic E-state index is 0.122. The van der Waals surface area contributed by atoms with Gasteiger partial charge < -0.3 is 14.6 Å². The highest BCUT2D eigenvalue weighted by atomic mass is 16.5. The summed E-state index contributed by atoms with van der Waals surface area (Å²) < 4.78 is 10.9. The molecule has 2 saturated carbocycles. The SMILES string of the molecule is CO[C@@H]1CCC[C@@H]2[C@@H]1CC(=O)[C@H]1[C@]2(C)CC(O)=C2C(=O)OCC[C@]21C. The van der Waals surface area contributed by atoms with Gasteiger partial charge in [-0.3, -0.25) is 4.79 Å². The molecular weight excluding hydrogens is 320 g/mol. The van der Waals surface area contributed by atoms with Crippen LogP contribution in [0.15, 0.2) is 11.3 Å². The molecule has 6 atom stereocenters. The van der Waals surface area contributed by atoms with Crippen molar-refractivity contribution in [1.29, 1.82) is 0 Å². The molecule has 0 amide bonds. The molecule has 0 unspecified atom stereocenters. The Morgan fingerprint density at radius 3 is 2.72 bits per heavy atom. The molecular formula is C20H28O5. The van der Waals surface area contributed by atoms with Crippen molar-refractivity contribution in [3.63, 3.8) is 0 Å². The fourth-order valence-corrected chi connectivity index (χ4v) is 6.83. The summed E-state index contributed by atoms with van der Waals surface area (Å²) in [5.41, 5.74) is -0.585. The van der Waals surface area contributed by atoms with Gasteiger partial charge in [-0.25, -0.2) is 4.79 Å². The zero-order valence-electron chi connectivity index (χ0n) is 15.3. The van der Waals surface area contributed by atoms with E-state index in [2.05, 4.69) is 6.92 Å². The number of cyclic esters (lactones) is 1. The largest absolute Gasteiger partial charge is 0.512 e. The van der Waals surface area contributed by atoms with Crippen molar-refractivity contribution in [2.75, 3.05) is 13.7 Å². The Kier molecular flexibility index (Phi) is 3.80. The van der Waals surface area contributed by atoms with Crippen LogP contribution in [0.5, 0.6) is 0 Å². The minimum atomic E-state index is -0.617. The van der Waals surface area contributed by atoms with Crippen molar-refractivity contribution in [3.05, 3.63) is 11.3 Å². The highest BCUT2D eigenvalue weighted by Gasteiger charge is 2.65. The van der Waals surface area contributed by atoms with Crippen LogP contribution in [0.4, 0.5) is 0 Å². The van der Waals surface area contributed by atoms with Crippen molar-refractivity contribution in [2.45, 2.75) is 58.5 Å². The Labute approximate surface area is 148 Å². The zero-order chi connectivity index (χ0) is 18.0. The summed E-state index contributed by atoms with van der Waals surface area (Å²) in [6, 6.07) is 0. The second-order valence-electron chi connectivity index (χ2n) is 8.89. The lowest BCUT2D eigenvalue weighted by Gasteiger charge is -2.61. The number of allylic oxidation sites excluding steroid dienone is 1. The van der Waals surface area contributed by atoms with E-state index in [4.69, 9.17) is 9.47 Å². The number of ether oxygens (including phenoxy) is 2. The quantitative estimate of drug-likeness (QED) is 0.737. The molecule has 0 bridgehead atoms. The Hall–Kier alpha value is -1.36. The van der Waals surface area contributed by atoms with Gasteiger partial charge in [0.25, 0.3) is 0 Å². The van der Waals surface area contributed by atoms with Gasteiger partial charge in [0.1, 0.15) is 11.5 Å². The highest BCUT2D eigenvalue weighted by molar-refractivity contribution is 5.95. The Bertz CT molecular complexity index is 652. The lowest BCUT2D eigenvalue weighted by molar-refractivity contribution is -0.171. The molecule has 3 aliphatic carbocycles. The van der Waals surface area contributed by atoms with E-state index < -0.39 is 11.4 Å². The predicted molar refractivity (Wildman–Crippen MR) is 90.8 cm³/mol. The number of carbonyl (C=O) groups excluding carboxylic acids is 2. The fraction of sp³-hybridized carbons (Fsp3) is 0.800. The van der Waals surface area contributed by atoms with Crippen LogP contribution in [0, 0.1) is 28.6 Å². The first-order valence-electron chi connectivity index (χ1n) is 9.48. The monoisotopic (exact) mass is 348 g/mol. The van der Waals surface area contributed by atoms with Gasteiger partial charge >= 0.3 is 5.97 Å². The molecule has 4 aliphatic rings. The third-order valence-corrected chi connectivity index (χ3v) is 7.67. The molecule has 5 heteroatoms. The molecule has 0 spiro atoms. The predicted octanol–water partition coefficient (Wildman–Crippen LogP) is 3.18. The third-order valence-electron chi connectivity index (χ3n) is 7.67. The van der Waals surface area contributed by atoms with E-state index in [0.29, 0.717) is 37.4 Å². The maximum Gasteiger partial charge on any atom is 0.338 e. The second kappa shape index (κ2) is 5.57. The number of hydrogen-bond acceptors (Lipinski definition) is 5. The van der Waals surface area contributed by atoms with Gasteiger partial charge in [-0.2, -0.15) is 0 Å². The van der Waals surface area contributed by atoms with E-state index in [1.165, 1.54) is 0 Å². The second-order valence-corrected chi connectivity index (χ2v) is 8.89. The van der Waals surface area contributed by atoms with Crippen LogP contribution in [0.2, 0.25) is 0 Å². The Balaban J connectivity index is 1.84. The third kappa shape index (κ3) is 2.17. The normalized spacial score (nSPS) is 46.8. The van der Waals surface area contributed by atoms with E-state index in [-0.39, 0.29) is 34.9 Å². The maximum absolute atomic E-state index is 13.3. The summed E-state index contributed by atoms with van der Waals surface area (Å²) in [6.07, 6.45) is 4.80. The molecule has 25 heavy (non-hydrogen) atoms. The molecule has 1 aliphatic heterocycles. The maximum atomic E-state index is 13.3.